The summed E-state index contributed by atoms with van der Waals surface area (Å²) in [6.07, 6.45) is -3.12. The number of ether oxygens (including phenoxy) is 1. The number of likely N-dealkylation sites (tertiary alicyclic amines) is 1. The first-order chi connectivity index (χ1) is 11.2. The lowest BCUT2D eigenvalue weighted by Gasteiger charge is -2.31. The van der Waals surface area contributed by atoms with Crippen LogP contribution >= 0.6 is 0 Å². The first kappa shape index (κ1) is 18.0. The fraction of sp³-hybridized carbons (Fsp3) is 0.467. The Morgan fingerprint density at radius 2 is 2.12 bits per heavy atom. The molecule has 1 aromatic carbocycles. The molecule has 9 heteroatoms. The number of piperidine rings is 1. The van der Waals surface area contributed by atoms with Crippen LogP contribution in [0.25, 0.3) is 0 Å². The highest BCUT2D eigenvalue weighted by Crippen LogP contribution is 2.25. The molecule has 0 radical (unpaired) electrons. The molecule has 0 aliphatic carbocycles. The monoisotopic (exact) mass is 348 g/mol. The van der Waals surface area contributed by atoms with Gasteiger partial charge in [-0.15, -0.1) is 0 Å². The molecule has 1 N–H and O–H groups in total. The number of alkyl halides is 3. The van der Waals surface area contributed by atoms with Crippen LogP contribution in [0.3, 0.4) is 0 Å². The Balaban J connectivity index is 2.01. The first-order valence-corrected chi connectivity index (χ1v) is 7.23. The van der Waals surface area contributed by atoms with Crippen molar-refractivity contribution in [3.05, 3.63) is 24.0 Å². The zero-order valence-electron chi connectivity index (χ0n) is 12.8. The number of hydrogen-bond acceptors (Lipinski definition) is 3. The average Bonchev–Trinajstić information content (AvgIpc) is 2.48. The van der Waals surface area contributed by atoms with Gasteiger partial charge >= 0.3 is 6.18 Å². The minimum atomic E-state index is -4.57. The van der Waals surface area contributed by atoms with Gasteiger partial charge in [0.15, 0.2) is 18.2 Å². The molecule has 1 aliphatic rings. The van der Waals surface area contributed by atoms with Crippen molar-refractivity contribution in [1.82, 2.24) is 4.90 Å². The number of likely N-dealkylation sites (N-methyl/N-ethyl adjacent to an activating group) is 1. The fourth-order valence-electron chi connectivity index (χ4n) is 2.38. The number of carbonyl (C=O) groups excluding carboxylic acids is 2. The van der Waals surface area contributed by atoms with E-state index in [4.69, 9.17) is 0 Å². The third-order valence-corrected chi connectivity index (χ3v) is 3.62. The van der Waals surface area contributed by atoms with Crippen LogP contribution in [-0.4, -0.2) is 42.6 Å². The summed E-state index contributed by atoms with van der Waals surface area (Å²) in [6.45, 7) is -1.61. The van der Waals surface area contributed by atoms with E-state index in [2.05, 4.69) is 10.1 Å². The van der Waals surface area contributed by atoms with Crippen molar-refractivity contribution in [1.29, 1.82) is 0 Å². The second-order valence-corrected chi connectivity index (χ2v) is 5.45. The maximum Gasteiger partial charge on any atom is 0.422 e. The second-order valence-electron chi connectivity index (χ2n) is 5.45. The van der Waals surface area contributed by atoms with Gasteiger partial charge in [-0.3, -0.25) is 9.59 Å². The molecule has 0 aromatic heterocycles. The van der Waals surface area contributed by atoms with Crippen molar-refractivity contribution in [3.63, 3.8) is 0 Å². The van der Waals surface area contributed by atoms with Gasteiger partial charge < -0.3 is 15.0 Å². The molecule has 2 amide bonds. The Labute approximate surface area is 135 Å². The first-order valence-electron chi connectivity index (χ1n) is 7.23. The number of benzene rings is 1. The van der Waals surface area contributed by atoms with Gasteiger partial charge in [0.05, 0.1) is 0 Å². The van der Waals surface area contributed by atoms with Gasteiger partial charge in [0.25, 0.3) is 0 Å². The summed E-state index contributed by atoms with van der Waals surface area (Å²) in [7, 11) is 1.51. The molecule has 0 bridgehead atoms. The zero-order valence-corrected chi connectivity index (χ0v) is 12.8. The Morgan fingerprint density at radius 1 is 1.42 bits per heavy atom. The highest BCUT2D eigenvalue weighted by atomic mass is 19.4. The predicted molar refractivity (Wildman–Crippen MR) is 77.0 cm³/mol. The molecule has 1 atom stereocenters. The van der Waals surface area contributed by atoms with Crippen LogP contribution in [0.15, 0.2) is 18.2 Å². The third kappa shape index (κ3) is 4.59. The van der Waals surface area contributed by atoms with E-state index in [1.54, 1.807) is 0 Å². The SMILES string of the molecule is CN1C(=O)CCCC1C(=O)Nc1ccc(OCC(F)(F)F)c(F)c1. The molecule has 1 aromatic rings. The van der Waals surface area contributed by atoms with Crippen LogP contribution in [0.4, 0.5) is 23.2 Å². The van der Waals surface area contributed by atoms with E-state index in [0.717, 1.165) is 12.1 Å². The lowest BCUT2D eigenvalue weighted by Crippen LogP contribution is -2.47. The molecule has 1 saturated heterocycles. The van der Waals surface area contributed by atoms with E-state index < -0.39 is 36.3 Å². The Morgan fingerprint density at radius 3 is 2.75 bits per heavy atom. The number of hydrogen-bond donors (Lipinski definition) is 1. The molecule has 24 heavy (non-hydrogen) atoms. The average molecular weight is 348 g/mol. The maximum absolute atomic E-state index is 13.7. The molecular formula is C15H16F4N2O3. The molecule has 0 saturated carbocycles. The molecule has 1 aliphatic heterocycles. The number of nitrogens with zero attached hydrogens (tertiary/aromatic N) is 1. The van der Waals surface area contributed by atoms with Crippen molar-refractivity contribution in [3.8, 4) is 5.75 Å². The molecule has 1 heterocycles. The number of nitrogens with one attached hydrogen (secondary N) is 1. The highest BCUT2D eigenvalue weighted by Gasteiger charge is 2.31. The fourth-order valence-corrected chi connectivity index (χ4v) is 2.38. The quantitative estimate of drug-likeness (QED) is 0.851. The normalized spacial score (nSPS) is 18.5. The van der Waals surface area contributed by atoms with Gasteiger partial charge in [0, 0.05) is 25.2 Å². The summed E-state index contributed by atoms with van der Waals surface area (Å²) in [5, 5.41) is 2.45. The van der Waals surface area contributed by atoms with E-state index in [-0.39, 0.29) is 11.6 Å². The minimum absolute atomic E-state index is 0.0725. The van der Waals surface area contributed by atoms with Crippen molar-refractivity contribution in [2.75, 3.05) is 19.0 Å². The summed E-state index contributed by atoms with van der Waals surface area (Å²) in [5.74, 6) is -2.21. The van der Waals surface area contributed by atoms with E-state index in [1.165, 1.54) is 18.0 Å². The van der Waals surface area contributed by atoms with Crippen molar-refractivity contribution >= 4 is 17.5 Å². The van der Waals surface area contributed by atoms with Crippen LogP contribution in [0.2, 0.25) is 0 Å². The van der Waals surface area contributed by atoms with E-state index >= 15 is 0 Å². The van der Waals surface area contributed by atoms with Crippen LogP contribution in [0.1, 0.15) is 19.3 Å². The van der Waals surface area contributed by atoms with E-state index in [1.807, 2.05) is 0 Å². The molecular weight excluding hydrogens is 332 g/mol. The van der Waals surface area contributed by atoms with Gasteiger partial charge in [-0.25, -0.2) is 4.39 Å². The Kier molecular flexibility index (Phi) is 5.30. The molecule has 1 fully saturated rings. The zero-order chi connectivity index (χ0) is 17.9. The smallest absolute Gasteiger partial charge is 0.422 e. The van der Waals surface area contributed by atoms with Crippen molar-refractivity contribution in [2.45, 2.75) is 31.5 Å². The van der Waals surface area contributed by atoms with Crippen molar-refractivity contribution < 1.29 is 31.9 Å². The topological polar surface area (TPSA) is 58.6 Å². The Hall–Kier alpha value is -2.32. The van der Waals surface area contributed by atoms with Crippen LogP contribution < -0.4 is 10.1 Å². The molecule has 5 nitrogen and oxygen atoms in total. The number of halogens is 4. The van der Waals surface area contributed by atoms with Crippen LogP contribution in [0.5, 0.6) is 5.75 Å². The standard InChI is InChI=1S/C15H16F4N2O3/c1-21-11(3-2-4-13(21)22)14(23)20-9-5-6-12(10(16)7-9)24-8-15(17,18)19/h5-7,11H,2-4,8H2,1H3,(H,20,23). The van der Waals surface area contributed by atoms with Crippen LogP contribution in [-0.2, 0) is 9.59 Å². The minimum Gasteiger partial charge on any atom is -0.481 e. The van der Waals surface area contributed by atoms with Gasteiger partial charge in [0.2, 0.25) is 11.8 Å². The number of amides is 2. The van der Waals surface area contributed by atoms with Gasteiger partial charge in [-0.2, -0.15) is 13.2 Å². The van der Waals surface area contributed by atoms with E-state index in [9.17, 15) is 27.2 Å². The summed E-state index contributed by atoms with van der Waals surface area (Å²) in [5.41, 5.74) is 0.0725. The molecule has 0 spiro atoms. The third-order valence-electron chi connectivity index (χ3n) is 3.62. The number of anilines is 1. The van der Waals surface area contributed by atoms with Crippen LogP contribution in [0, 0.1) is 5.82 Å². The van der Waals surface area contributed by atoms with Gasteiger partial charge in [-0.05, 0) is 25.0 Å². The number of rotatable bonds is 4. The lowest BCUT2D eigenvalue weighted by molar-refractivity contribution is -0.153. The van der Waals surface area contributed by atoms with E-state index in [0.29, 0.717) is 19.3 Å². The second kappa shape index (κ2) is 7.06. The molecule has 132 valence electrons. The molecule has 1 unspecified atom stereocenters. The predicted octanol–water partition coefficient (Wildman–Crippen LogP) is 2.72. The Bertz CT molecular complexity index is 634. The van der Waals surface area contributed by atoms with Gasteiger partial charge in [0.1, 0.15) is 6.04 Å². The maximum atomic E-state index is 13.7. The summed E-state index contributed by atoms with van der Waals surface area (Å²) in [4.78, 5) is 25.1. The highest BCUT2D eigenvalue weighted by molar-refractivity contribution is 5.97. The molecule has 2 rings (SSSR count). The number of carbonyl (C=O) groups is 2. The summed E-state index contributed by atoms with van der Waals surface area (Å²) >= 11 is 0. The van der Waals surface area contributed by atoms with Crippen molar-refractivity contribution in [2.24, 2.45) is 0 Å². The largest absolute Gasteiger partial charge is 0.481 e. The lowest BCUT2D eigenvalue weighted by atomic mass is 10.0. The van der Waals surface area contributed by atoms with Gasteiger partial charge in [-0.1, -0.05) is 0 Å². The summed E-state index contributed by atoms with van der Waals surface area (Å²) < 4.78 is 54.3. The summed E-state index contributed by atoms with van der Waals surface area (Å²) in [6, 6.07) is 2.45.